The second kappa shape index (κ2) is 14.0. The van der Waals surface area contributed by atoms with E-state index in [1.54, 1.807) is 36.4 Å². The van der Waals surface area contributed by atoms with Gasteiger partial charge in [0, 0.05) is 18.3 Å². The molecule has 1 aliphatic carbocycles. The first kappa shape index (κ1) is 33.4. The smallest absolute Gasteiger partial charge is 0.408 e. The van der Waals surface area contributed by atoms with Crippen LogP contribution in [-0.2, 0) is 32.1 Å². The standard InChI is InChI=1S/C38H36N2O11/c1-46-30-13-22(14-31(47-2)35(30)42)32-24-15-28-29(51-19-50-28)16-25(24)34(26-18-48-37(44)33(26)32)40-36(43)27(12-20-8-10-23(41)11-9-20)39-38(45)49-17-21-6-4-3-5-7-21/h3-11,13-16,26-27,32-34,41-42H,12,17-19H2,1-2H3,(H,39,45)(H,40,43)/t26-,27-,32+,33-,34+/m0/s1. The fraction of sp³-hybridized carbons (Fsp3) is 0.289. The third-order valence-corrected chi connectivity index (χ3v) is 9.54. The first-order valence-corrected chi connectivity index (χ1v) is 16.3. The average molecular weight is 697 g/mol. The maximum atomic E-state index is 14.3. The normalized spacial score (nSPS) is 20.3. The van der Waals surface area contributed by atoms with Crippen LogP contribution in [0, 0.1) is 11.8 Å². The number of fused-ring (bicyclic) bond motifs is 3. The summed E-state index contributed by atoms with van der Waals surface area (Å²) in [5.74, 6) is -1.76. The third-order valence-electron chi connectivity index (χ3n) is 9.54. The van der Waals surface area contributed by atoms with E-state index in [2.05, 4.69) is 10.6 Å². The number of phenols is 2. The Morgan fingerprint density at radius 3 is 2.20 bits per heavy atom. The molecule has 0 bridgehead atoms. The summed E-state index contributed by atoms with van der Waals surface area (Å²) in [4.78, 5) is 40.9. The predicted molar refractivity (Wildman–Crippen MR) is 180 cm³/mol. The van der Waals surface area contributed by atoms with Gasteiger partial charge in [0.2, 0.25) is 18.4 Å². The van der Waals surface area contributed by atoms with Crippen LogP contribution in [0.25, 0.3) is 0 Å². The molecule has 13 heteroatoms. The van der Waals surface area contributed by atoms with E-state index in [1.165, 1.54) is 26.4 Å². The van der Waals surface area contributed by atoms with Gasteiger partial charge in [0.1, 0.15) is 18.4 Å². The van der Waals surface area contributed by atoms with E-state index in [0.717, 1.165) is 5.56 Å². The van der Waals surface area contributed by atoms with Crippen LogP contribution in [0.2, 0.25) is 0 Å². The lowest BCUT2D eigenvalue weighted by Gasteiger charge is -2.40. The van der Waals surface area contributed by atoms with Crippen molar-refractivity contribution in [3.05, 3.63) is 107 Å². The van der Waals surface area contributed by atoms with E-state index in [4.69, 9.17) is 28.4 Å². The minimum absolute atomic E-state index is 0.000605. The van der Waals surface area contributed by atoms with Crippen LogP contribution in [0.5, 0.6) is 34.5 Å². The molecule has 264 valence electrons. The molecule has 1 saturated heterocycles. The molecule has 13 nitrogen and oxygen atoms in total. The highest BCUT2D eigenvalue weighted by Gasteiger charge is 2.53. The molecule has 5 atom stereocenters. The van der Waals surface area contributed by atoms with Crippen LogP contribution in [0.3, 0.4) is 0 Å². The predicted octanol–water partition coefficient (Wildman–Crippen LogP) is 4.47. The van der Waals surface area contributed by atoms with Gasteiger partial charge in [0.05, 0.1) is 32.8 Å². The summed E-state index contributed by atoms with van der Waals surface area (Å²) in [5, 5.41) is 26.3. The SMILES string of the molecule is COc1cc([C@@H]2c3cc4c(cc3[C@@H](NC(=O)[C@H](Cc3ccc(O)cc3)NC(=O)OCc3ccccc3)[C@H]3COC(=O)[C@H]23)OCO4)cc(OC)c1O. The summed E-state index contributed by atoms with van der Waals surface area (Å²) in [5.41, 5.74) is 3.41. The number of ether oxygens (including phenoxy) is 6. The van der Waals surface area contributed by atoms with Crippen molar-refractivity contribution >= 4 is 18.0 Å². The van der Waals surface area contributed by atoms with Crippen molar-refractivity contribution in [1.29, 1.82) is 0 Å². The minimum Gasteiger partial charge on any atom is -0.508 e. The van der Waals surface area contributed by atoms with Crippen molar-refractivity contribution in [2.45, 2.75) is 31.0 Å². The number of aromatic hydroxyl groups is 2. The van der Waals surface area contributed by atoms with Gasteiger partial charge >= 0.3 is 12.1 Å². The van der Waals surface area contributed by atoms with Crippen LogP contribution < -0.4 is 29.6 Å². The highest BCUT2D eigenvalue weighted by molar-refractivity contribution is 5.87. The maximum absolute atomic E-state index is 14.3. The molecule has 51 heavy (non-hydrogen) atoms. The molecule has 2 heterocycles. The molecule has 4 aromatic rings. The van der Waals surface area contributed by atoms with Crippen LogP contribution in [0.15, 0.2) is 78.9 Å². The lowest BCUT2D eigenvalue weighted by atomic mass is 9.65. The third kappa shape index (κ3) is 6.62. The zero-order valence-corrected chi connectivity index (χ0v) is 27.8. The fourth-order valence-corrected chi connectivity index (χ4v) is 7.08. The maximum Gasteiger partial charge on any atom is 0.408 e. The molecule has 4 aromatic carbocycles. The van der Waals surface area contributed by atoms with E-state index in [-0.39, 0.29) is 49.4 Å². The number of rotatable bonds is 10. The monoisotopic (exact) mass is 696 g/mol. The Kier molecular flexibility index (Phi) is 9.18. The summed E-state index contributed by atoms with van der Waals surface area (Å²) in [6.07, 6.45) is -0.718. The van der Waals surface area contributed by atoms with Gasteiger partial charge in [-0.1, -0.05) is 42.5 Å². The van der Waals surface area contributed by atoms with E-state index in [1.807, 2.05) is 30.3 Å². The number of benzene rings is 4. The highest BCUT2D eigenvalue weighted by Crippen LogP contribution is 2.55. The Hall–Kier alpha value is -6.11. The van der Waals surface area contributed by atoms with Crippen molar-refractivity contribution in [2.24, 2.45) is 11.8 Å². The number of carbonyl (C=O) groups is 3. The molecule has 0 saturated carbocycles. The zero-order valence-electron chi connectivity index (χ0n) is 27.8. The molecule has 0 radical (unpaired) electrons. The number of carbonyl (C=O) groups excluding carboxylic acids is 3. The van der Waals surface area contributed by atoms with Crippen molar-refractivity contribution in [2.75, 3.05) is 27.6 Å². The number of nitrogens with one attached hydrogen (secondary N) is 2. The largest absolute Gasteiger partial charge is 0.508 e. The lowest BCUT2D eigenvalue weighted by molar-refractivity contribution is -0.141. The summed E-state index contributed by atoms with van der Waals surface area (Å²) in [6.45, 7) is 0.0145. The highest BCUT2D eigenvalue weighted by atomic mass is 16.7. The van der Waals surface area contributed by atoms with Gasteiger partial charge in [-0.2, -0.15) is 0 Å². The molecular formula is C38H36N2O11. The second-order valence-corrected chi connectivity index (χ2v) is 12.5. The summed E-state index contributed by atoms with van der Waals surface area (Å²) in [6, 6.07) is 20.5. The molecular weight excluding hydrogens is 660 g/mol. The number of esters is 1. The van der Waals surface area contributed by atoms with Crippen LogP contribution in [0.1, 0.15) is 39.8 Å². The van der Waals surface area contributed by atoms with Gasteiger partial charge in [0.25, 0.3) is 0 Å². The average Bonchev–Trinajstić information content (AvgIpc) is 3.77. The molecule has 3 aliphatic rings. The van der Waals surface area contributed by atoms with Gasteiger partial charge < -0.3 is 49.3 Å². The molecule has 7 rings (SSSR count). The molecule has 2 amide bonds. The summed E-state index contributed by atoms with van der Waals surface area (Å²) < 4.78 is 33.5. The quantitative estimate of drug-likeness (QED) is 0.173. The number of methoxy groups -OCH3 is 2. The van der Waals surface area contributed by atoms with E-state index in [0.29, 0.717) is 33.8 Å². The van der Waals surface area contributed by atoms with Crippen LogP contribution in [-0.4, -0.2) is 61.8 Å². The first-order valence-electron chi connectivity index (χ1n) is 16.3. The van der Waals surface area contributed by atoms with Gasteiger partial charge in [-0.3, -0.25) is 9.59 Å². The van der Waals surface area contributed by atoms with Crippen molar-refractivity contribution in [1.82, 2.24) is 10.6 Å². The fourth-order valence-electron chi connectivity index (χ4n) is 7.08. The number of hydrogen-bond acceptors (Lipinski definition) is 11. The van der Waals surface area contributed by atoms with Crippen molar-refractivity contribution < 1.29 is 53.0 Å². The summed E-state index contributed by atoms with van der Waals surface area (Å²) in [7, 11) is 2.84. The summed E-state index contributed by atoms with van der Waals surface area (Å²) >= 11 is 0. The second-order valence-electron chi connectivity index (χ2n) is 12.5. The Labute approximate surface area is 293 Å². The van der Waals surface area contributed by atoms with E-state index < -0.39 is 47.8 Å². The molecule has 0 unspecified atom stereocenters. The van der Waals surface area contributed by atoms with Gasteiger partial charge in [-0.05, 0) is 64.2 Å². The van der Waals surface area contributed by atoms with Crippen LogP contribution in [0.4, 0.5) is 4.79 Å². The van der Waals surface area contributed by atoms with Crippen LogP contribution >= 0.6 is 0 Å². The number of amides is 2. The molecule has 2 aliphatic heterocycles. The number of alkyl carbamates (subject to hydrolysis) is 1. The Morgan fingerprint density at radius 2 is 1.53 bits per heavy atom. The lowest BCUT2D eigenvalue weighted by Crippen LogP contribution is -2.51. The molecule has 1 fully saturated rings. The Balaban J connectivity index is 1.24. The van der Waals surface area contributed by atoms with Crippen molar-refractivity contribution in [3.8, 4) is 34.5 Å². The zero-order chi connectivity index (χ0) is 35.6. The number of cyclic esters (lactones) is 1. The first-order chi connectivity index (χ1) is 24.7. The van der Waals surface area contributed by atoms with Gasteiger partial charge in [-0.15, -0.1) is 0 Å². The Bertz CT molecular complexity index is 1920. The minimum atomic E-state index is -1.10. The molecule has 0 aromatic heterocycles. The number of hydrogen-bond donors (Lipinski definition) is 4. The molecule has 4 N–H and O–H groups in total. The topological polar surface area (TPSA) is 171 Å². The van der Waals surface area contributed by atoms with Gasteiger partial charge in [-0.25, -0.2) is 4.79 Å². The van der Waals surface area contributed by atoms with Gasteiger partial charge in [0.15, 0.2) is 23.0 Å². The van der Waals surface area contributed by atoms with Crippen molar-refractivity contribution in [3.63, 3.8) is 0 Å². The number of phenolic OH excluding ortho intramolecular Hbond substituents is 2. The van der Waals surface area contributed by atoms with E-state index >= 15 is 0 Å². The molecule has 0 spiro atoms. The van der Waals surface area contributed by atoms with E-state index in [9.17, 15) is 24.6 Å². The Morgan fingerprint density at radius 1 is 0.863 bits per heavy atom.